The predicted molar refractivity (Wildman–Crippen MR) is 148 cm³/mol. The van der Waals surface area contributed by atoms with E-state index in [0.717, 1.165) is 59.6 Å². The number of nitrogens with zero attached hydrogens (tertiary/aromatic N) is 3. The molecule has 3 N–H and O–H groups in total. The Morgan fingerprint density at radius 2 is 1.77 bits per heavy atom. The third-order valence-corrected chi connectivity index (χ3v) is 8.09. The van der Waals surface area contributed by atoms with Crippen LogP contribution in [0.4, 0.5) is 19.3 Å². The van der Waals surface area contributed by atoms with Gasteiger partial charge in [0.15, 0.2) is 0 Å². The number of para-hydroxylation sites is 1. The van der Waals surface area contributed by atoms with Gasteiger partial charge < -0.3 is 15.8 Å². The molecule has 0 atom stereocenters. The smallest absolute Gasteiger partial charge is 0.316 e. The molecule has 0 unspecified atom stereocenters. The molecule has 208 valence electrons. The number of fused-ring (bicyclic) bond motifs is 1. The number of carbonyl (C=O) groups excluding carboxylic acids is 1. The summed E-state index contributed by atoms with van der Waals surface area (Å²) in [5, 5.41) is 7.27. The van der Waals surface area contributed by atoms with E-state index in [0.29, 0.717) is 31.9 Å². The van der Waals surface area contributed by atoms with E-state index in [1.54, 1.807) is 0 Å². The van der Waals surface area contributed by atoms with Gasteiger partial charge in [-0.2, -0.15) is 5.10 Å². The fourth-order valence-electron chi connectivity index (χ4n) is 5.89. The van der Waals surface area contributed by atoms with Gasteiger partial charge in [-0.25, -0.2) is 18.3 Å². The fraction of sp³-hybridized carbons (Fsp3) is 0.467. The second-order valence-electron chi connectivity index (χ2n) is 11.8. The van der Waals surface area contributed by atoms with Crippen LogP contribution in [0.2, 0.25) is 0 Å². The molecule has 0 bridgehead atoms. The molecule has 1 saturated heterocycles. The molecule has 2 aliphatic rings. The number of hydrogen-bond acceptors (Lipinski definition) is 4. The van der Waals surface area contributed by atoms with Gasteiger partial charge in [0.25, 0.3) is 0 Å². The van der Waals surface area contributed by atoms with Crippen LogP contribution in [-0.2, 0) is 30.5 Å². The van der Waals surface area contributed by atoms with E-state index in [1.165, 1.54) is 0 Å². The standard InChI is InChI=1S/C30H37F2N5O2/c1-6-18-9-8-10-19(7-2)26(18)37-27(20-11-23(32)24(12-22(20)31)34-28(33)38)21-14-36(15-30(5)16-39-17-30)29(3,4)13-25(21)35-37/h8-12H,6-7,13-17H2,1-5H3,(H3,33,34,38). The molecule has 1 fully saturated rings. The highest BCUT2D eigenvalue weighted by molar-refractivity contribution is 5.88. The SMILES string of the molecule is CCc1cccc(CC)c1-n1nc2c(c1-c1cc(F)c(NC(N)=O)cc1F)CN(CC1(C)COC1)C(C)(C)C2. The average molecular weight is 538 g/mol. The van der Waals surface area contributed by atoms with E-state index < -0.39 is 17.7 Å². The van der Waals surface area contributed by atoms with Gasteiger partial charge in [0.05, 0.1) is 36.0 Å². The zero-order chi connectivity index (χ0) is 28.1. The van der Waals surface area contributed by atoms with Gasteiger partial charge >= 0.3 is 6.03 Å². The number of benzene rings is 2. The summed E-state index contributed by atoms with van der Waals surface area (Å²) in [6.07, 6.45) is 2.20. The number of ether oxygens (including phenoxy) is 1. The number of aromatic nitrogens is 2. The second-order valence-corrected chi connectivity index (χ2v) is 11.8. The van der Waals surface area contributed by atoms with Crippen LogP contribution in [-0.4, -0.2) is 46.0 Å². The molecule has 0 spiro atoms. The zero-order valence-electron chi connectivity index (χ0n) is 23.3. The van der Waals surface area contributed by atoms with E-state index in [-0.39, 0.29) is 22.2 Å². The molecule has 5 rings (SSSR count). The lowest BCUT2D eigenvalue weighted by Gasteiger charge is -2.49. The van der Waals surface area contributed by atoms with E-state index >= 15 is 8.78 Å². The molecule has 0 saturated carbocycles. The third-order valence-electron chi connectivity index (χ3n) is 8.09. The normalized spacial score (nSPS) is 17.9. The molecule has 7 nitrogen and oxygen atoms in total. The lowest BCUT2D eigenvalue weighted by atomic mass is 9.82. The molecule has 0 aliphatic carbocycles. The molecule has 39 heavy (non-hydrogen) atoms. The summed E-state index contributed by atoms with van der Waals surface area (Å²) in [5.41, 5.74) is 10.2. The first-order valence-corrected chi connectivity index (χ1v) is 13.6. The van der Waals surface area contributed by atoms with E-state index in [1.807, 2.05) is 10.7 Å². The molecule has 3 aromatic rings. The average Bonchev–Trinajstić information content (AvgIpc) is 3.20. The van der Waals surface area contributed by atoms with Crippen molar-refractivity contribution in [2.45, 2.75) is 66.0 Å². The van der Waals surface area contributed by atoms with Gasteiger partial charge in [-0.1, -0.05) is 39.0 Å². The largest absolute Gasteiger partial charge is 0.380 e. The monoisotopic (exact) mass is 537 g/mol. The zero-order valence-corrected chi connectivity index (χ0v) is 23.3. The van der Waals surface area contributed by atoms with Crippen LogP contribution in [0.3, 0.4) is 0 Å². The van der Waals surface area contributed by atoms with Crippen molar-refractivity contribution < 1.29 is 18.3 Å². The van der Waals surface area contributed by atoms with E-state index in [2.05, 4.69) is 57.0 Å². The van der Waals surface area contributed by atoms with Crippen molar-refractivity contribution in [1.82, 2.24) is 14.7 Å². The number of halogens is 2. The van der Waals surface area contributed by atoms with Crippen LogP contribution < -0.4 is 11.1 Å². The Bertz CT molecular complexity index is 1400. The summed E-state index contributed by atoms with van der Waals surface area (Å²) in [5.74, 6) is -1.43. The second kappa shape index (κ2) is 10.0. The Kier molecular flexibility index (Phi) is 7.01. The summed E-state index contributed by atoms with van der Waals surface area (Å²) >= 11 is 0. The van der Waals surface area contributed by atoms with Gasteiger partial charge in [-0.15, -0.1) is 0 Å². The Labute approximate surface area is 228 Å². The Morgan fingerprint density at radius 1 is 1.10 bits per heavy atom. The number of urea groups is 1. The van der Waals surface area contributed by atoms with Crippen LogP contribution in [0.5, 0.6) is 0 Å². The van der Waals surface area contributed by atoms with Crippen LogP contribution in [0.25, 0.3) is 16.9 Å². The number of carbonyl (C=O) groups is 1. The Balaban J connectivity index is 1.74. The topological polar surface area (TPSA) is 85.4 Å². The van der Waals surface area contributed by atoms with Crippen LogP contribution in [0, 0.1) is 17.0 Å². The minimum Gasteiger partial charge on any atom is -0.380 e. The molecule has 2 amide bonds. The van der Waals surface area contributed by atoms with Gasteiger partial charge in [-0.3, -0.25) is 4.90 Å². The van der Waals surface area contributed by atoms with Gasteiger partial charge in [0.1, 0.15) is 11.6 Å². The van der Waals surface area contributed by atoms with Crippen LogP contribution in [0.15, 0.2) is 30.3 Å². The number of rotatable bonds is 7. The number of amides is 2. The summed E-state index contributed by atoms with van der Waals surface area (Å²) in [7, 11) is 0. The highest BCUT2D eigenvalue weighted by atomic mass is 19.1. The number of hydrogen-bond donors (Lipinski definition) is 2. The van der Waals surface area contributed by atoms with Crippen molar-refractivity contribution in [1.29, 1.82) is 0 Å². The molecular formula is C30H37F2N5O2. The lowest BCUT2D eigenvalue weighted by molar-refractivity contribution is -0.127. The van der Waals surface area contributed by atoms with Crippen molar-refractivity contribution >= 4 is 11.7 Å². The molecule has 2 aromatic carbocycles. The maximum atomic E-state index is 15.8. The summed E-state index contributed by atoms with van der Waals surface area (Å²) in [6.45, 7) is 13.6. The predicted octanol–water partition coefficient (Wildman–Crippen LogP) is 5.61. The number of aryl methyl sites for hydroxylation is 2. The molecule has 3 heterocycles. The Hall–Kier alpha value is -3.30. The molecule has 2 aliphatic heterocycles. The Morgan fingerprint density at radius 3 is 2.33 bits per heavy atom. The van der Waals surface area contributed by atoms with E-state index in [9.17, 15) is 4.79 Å². The maximum Gasteiger partial charge on any atom is 0.316 e. The van der Waals surface area contributed by atoms with Gasteiger partial charge in [0.2, 0.25) is 0 Å². The minimum absolute atomic E-state index is 0.0502. The van der Waals surface area contributed by atoms with E-state index in [4.69, 9.17) is 15.6 Å². The number of nitrogens with one attached hydrogen (secondary N) is 1. The highest BCUT2D eigenvalue weighted by Gasteiger charge is 2.43. The highest BCUT2D eigenvalue weighted by Crippen LogP contribution is 2.42. The minimum atomic E-state index is -0.959. The van der Waals surface area contributed by atoms with Crippen molar-refractivity contribution in [2.24, 2.45) is 11.1 Å². The van der Waals surface area contributed by atoms with Crippen LogP contribution >= 0.6 is 0 Å². The number of anilines is 1. The molecule has 9 heteroatoms. The summed E-state index contributed by atoms with van der Waals surface area (Å²) in [6, 6.07) is 7.32. The quantitative estimate of drug-likeness (QED) is 0.411. The fourth-order valence-corrected chi connectivity index (χ4v) is 5.89. The van der Waals surface area contributed by atoms with Gasteiger partial charge in [0, 0.05) is 47.7 Å². The third kappa shape index (κ3) is 4.94. The van der Waals surface area contributed by atoms with Crippen LogP contribution in [0.1, 0.15) is 57.0 Å². The van der Waals surface area contributed by atoms with Crippen molar-refractivity contribution in [3.8, 4) is 16.9 Å². The molecule has 0 radical (unpaired) electrons. The number of primary amides is 1. The molecule has 1 aromatic heterocycles. The number of nitrogens with two attached hydrogens (primary N) is 1. The summed E-state index contributed by atoms with van der Waals surface area (Å²) < 4.78 is 38.4. The van der Waals surface area contributed by atoms with Crippen molar-refractivity contribution in [3.63, 3.8) is 0 Å². The van der Waals surface area contributed by atoms with Crippen molar-refractivity contribution in [3.05, 3.63) is 64.4 Å². The lowest BCUT2D eigenvalue weighted by Crippen LogP contribution is -2.56. The molecular weight excluding hydrogens is 500 g/mol. The first-order chi connectivity index (χ1) is 18.5. The van der Waals surface area contributed by atoms with Gasteiger partial charge in [-0.05, 0) is 43.9 Å². The first kappa shape index (κ1) is 27.3. The maximum absolute atomic E-state index is 15.8. The first-order valence-electron chi connectivity index (χ1n) is 13.6. The summed E-state index contributed by atoms with van der Waals surface area (Å²) in [4.78, 5) is 13.8. The van der Waals surface area contributed by atoms with Crippen molar-refractivity contribution in [2.75, 3.05) is 25.1 Å².